The van der Waals surface area contributed by atoms with Crippen molar-refractivity contribution in [2.45, 2.75) is 26.8 Å². The smallest absolute Gasteiger partial charge is 0.272 e. The molecule has 0 aliphatic carbocycles. The number of nitrogens with two attached hydrogens (primary N) is 1. The van der Waals surface area contributed by atoms with Gasteiger partial charge in [-0.2, -0.15) is 5.26 Å². The Balaban J connectivity index is 1.88. The van der Waals surface area contributed by atoms with E-state index in [1.807, 2.05) is 31.7 Å². The first-order valence-electron chi connectivity index (χ1n) is 14.0. The minimum absolute atomic E-state index is 0.0738. The molecule has 4 heterocycles. The van der Waals surface area contributed by atoms with Crippen LogP contribution >= 0.6 is 34.8 Å². The Morgan fingerprint density at radius 1 is 1.18 bits per heavy atom. The zero-order valence-electron chi connectivity index (χ0n) is 24.5. The van der Waals surface area contributed by atoms with Crippen molar-refractivity contribution in [3.63, 3.8) is 0 Å². The van der Waals surface area contributed by atoms with Gasteiger partial charge in [0, 0.05) is 55.0 Å². The second-order valence-electron chi connectivity index (χ2n) is 11.1. The highest BCUT2D eigenvalue weighted by atomic mass is 35.5. The summed E-state index contributed by atoms with van der Waals surface area (Å²) in [4.78, 5) is 39.4. The van der Waals surface area contributed by atoms with Gasteiger partial charge in [0.05, 0.1) is 33.2 Å². The first-order chi connectivity index (χ1) is 21.3. The first kappa shape index (κ1) is 32.4. The van der Waals surface area contributed by atoms with Crippen molar-refractivity contribution >= 4 is 68.8 Å². The third kappa shape index (κ3) is 5.35. The highest BCUT2D eigenvalue weighted by Crippen LogP contribution is 2.45. The molecule has 9 nitrogen and oxygen atoms in total. The quantitative estimate of drug-likeness (QED) is 0.145. The number of nitrogens with zero attached hydrogens (tertiary/aromatic N) is 6. The number of halogens is 5. The van der Waals surface area contributed by atoms with Gasteiger partial charge in [-0.1, -0.05) is 68.2 Å². The number of fused-ring (bicyclic) bond motifs is 1. The van der Waals surface area contributed by atoms with Crippen molar-refractivity contribution < 1.29 is 13.6 Å². The molecule has 0 saturated carbocycles. The summed E-state index contributed by atoms with van der Waals surface area (Å²) in [7, 11) is 0. The number of amides is 1. The number of aliphatic imine (C=N–C) groups is 1. The number of carbonyl (C=O) groups is 1. The molecular formula is C31H28Cl3F2N7O2. The van der Waals surface area contributed by atoms with E-state index in [2.05, 4.69) is 17.6 Å². The topological polar surface area (TPSA) is 121 Å². The second kappa shape index (κ2) is 12.4. The predicted molar refractivity (Wildman–Crippen MR) is 174 cm³/mol. The molecule has 14 heteroatoms. The molecule has 0 bridgehead atoms. The van der Waals surface area contributed by atoms with E-state index in [0.29, 0.717) is 37.3 Å². The number of pyridine rings is 2. The van der Waals surface area contributed by atoms with Crippen LogP contribution in [0.2, 0.25) is 15.1 Å². The molecule has 2 aliphatic heterocycles. The minimum atomic E-state index is -1.25. The van der Waals surface area contributed by atoms with Crippen LogP contribution in [0.25, 0.3) is 22.3 Å². The number of rotatable bonds is 5. The Bertz CT molecular complexity index is 1900. The van der Waals surface area contributed by atoms with Crippen molar-refractivity contribution in [1.82, 2.24) is 14.5 Å². The molecule has 3 aromatic rings. The molecule has 0 radical (unpaired) electrons. The Morgan fingerprint density at radius 3 is 2.44 bits per heavy atom. The van der Waals surface area contributed by atoms with Crippen LogP contribution in [0.5, 0.6) is 0 Å². The number of nitriles is 1. The molecule has 5 rings (SSSR count). The number of aromatic nitrogens is 2. The number of hydrogen-bond donors (Lipinski definition) is 1. The van der Waals surface area contributed by atoms with Crippen molar-refractivity contribution in [1.29, 1.82) is 5.26 Å². The van der Waals surface area contributed by atoms with Crippen LogP contribution in [0.1, 0.15) is 32.4 Å². The lowest BCUT2D eigenvalue weighted by molar-refractivity contribution is -0.126. The van der Waals surface area contributed by atoms with E-state index in [0.717, 1.165) is 0 Å². The van der Waals surface area contributed by atoms with E-state index in [1.54, 1.807) is 11.1 Å². The van der Waals surface area contributed by atoms with Crippen LogP contribution in [0.3, 0.4) is 0 Å². The molecule has 2 aromatic heterocycles. The number of hydrogen-bond acceptors (Lipinski definition) is 7. The summed E-state index contributed by atoms with van der Waals surface area (Å²) < 4.78 is 31.2. The molecule has 1 unspecified atom stereocenters. The zero-order valence-corrected chi connectivity index (χ0v) is 26.8. The Hall–Kier alpha value is -3.98. The predicted octanol–water partition coefficient (Wildman–Crippen LogP) is 6.39. The van der Waals surface area contributed by atoms with Crippen molar-refractivity contribution in [3.8, 4) is 17.3 Å². The molecule has 2 N–H and O–H groups in total. The molecule has 1 aromatic carbocycles. The van der Waals surface area contributed by atoms with Crippen LogP contribution in [0.4, 0.5) is 20.2 Å². The van der Waals surface area contributed by atoms with E-state index in [-0.39, 0.29) is 50.9 Å². The van der Waals surface area contributed by atoms with Crippen LogP contribution < -0.4 is 16.2 Å². The van der Waals surface area contributed by atoms with Crippen LogP contribution in [-0.2, 0) is 4.79 Å². The molecule has 2 aliphatic rings. The van der Waals surface area contributed by atoms with E-state index < -0.39 is 39.0 Å². The highest BCUT2D eigenvalue weighted by Gasteiger charge is 2.35. The fourth-order valence-corrected chi connectivity index (χ4v) is 6.66. The maximum Gasteiger partial charge on any atom is 0.272 e. The maximum absolute atomic E-state index is 14.9. The summed E-state index contributed by atoms with van der Waals surface area (Å²) in [5.74, 6) is -3.07. The molecule has 1 amide bonds. The normalized spacial score (nSPS) is 18.4. The van der Waals surface area contributed by atoms with Crippen LogP contribution in [0.15, 0.2) is 40.8 Å². The van der Waals surface area contributed by atoms with Gasteiger partial charge < -0.3 is 15.5 Å². The summed E-state index contributed by atoms with van der Waals surface area (Å²) in [5.41, 5.74) is 5.16. The van der Waals surface area contributed by atoms with Gasteiger partial charge in [0.1, 0.15) is 22.3 Å². The number of piperazine rings is 1. The molecule has 1 fully saturated rings. The van der Waals surface area contributed by atoms with E-state index >= 15 is 0 Å². The Labute approximate surface area is 272 Å². The molecule has 45 heavy (non-hydrogen) atoms. The summed E-state index contributed by atoms with van der Waals surface area (Å²) >= 11 is 18.8. The van der Waals surface area contributed by atoms with Crippen LogP contribution in [-0.4, -0.2) is 52.2 Å². The lowest BCUT2D eigenvalue weighted by atomic mass is 9.88. The Kier molecular flexibility index (Phi) is 8.95. The molecule has 2 atom stereocenters. The lowest BCUT2D eigenvalue weighted by Crippen LogP contribution is -2.49. The van der Waals surface area contributed by atoms with Gasteiger partial charge in [0.15, 0.2) is 11.6 Å². The van der Waals surface area contributed by atoms with Gasteiger partial charge in [-0.15, -0.1) is 0 Å². The van der Waals surface area contributed by atoms with Crippen molar-refractivity contribution in [2.24, 2.45) is 16.8 Å². The fourth-order valence-electron chi connectivity index (χ4n) is 5.89. The van der Waals surface area contributed by atoms with Gasteiger partial charge in [-0.05, 0) is 18.1 Å². The fraction of sp³-hybridized carbons (Fsp3) is 0.323. The molecular weight excluding hydrogens is 647 g/mol. The Morgan fingerprint density at radius 2 is 1.84 bits per heavy atom. The van der Waals surface area contributed by atoms with E-state index in [1.165, 1.54) is 16.7 Å². The minimum Gasteiger partial charge on any atom is -0.396 e. The number of carbonyl (C=O) groups excluding carboxylic acids is 1. The largest absolute Gasteiger partial charge is 0.396 e. The average Bonchev–Trinajstić information content (AvgIpc) is 3.02. The zero-order chi connectivity index (χ0) is 32.9. The number of benzene rings is 1. The highest BCUT2D eigenvalue weighted by molar-refractivity contribution is 6.39. The van der Waals surface area contributed by atoms with Gasteiger partial charge in [0.2, 0.25) is 5.91 Å². The van der Waals surface area contributed by atoms with Crippen molar-refractivity contribution in [2.75, 3.05) is 36.8 Å². The monoisotopic (exact) mass is 673 g/mol. The second-order valence-corrected chi connectivity index (χ2v) is 12.3. The van der Waals surface area contributed by atoms with Gasteiger partial charge in [-0.3, -0.25) is 19.1 Å². The third-order valence-corrected chi connectivity index (χ3v) is 9.10. The SMILES string of the molecule is C=CC(=O)N1CCN(c2c(C#N)c(=O)n(C3C(C(C)C)=NC=C[C@H]3C)c3nc(-c4c(N)c(F)c(Cl)c(F)c4Cl)c(Cl)cc23)CC1. The van der Waals surface area contributed by atoms with Crippen LogP contribution in [0, 0.1) is 34.8 Å². The molecule has 0 spiro atoms. The van der Waals surface area contributed by atoms with Gasteiger partial charge >= 0.3 is 0 Å². The average molecular weight is 675 g/mol. The van der Waals surface area contributed by atoms with Crippen molar-refractivity contribution in [3.05, 3.63) is 73.6 Å². The standard InChI is InChI=1S/C31H28Cl3F2N7O2/c1-5-19(44)41-8-10-42(11-9-41)29-16-12-18(32)27(20-21(33)23(35)22(34)24(36)25(20)38)40-30(16)43(31(45)17(29)13-37)28-15(4)6-7-39-26(28)14(2)3/h5-7,12,14-15,28H,1,8-11,38H2,2-4H3/t15-,28?/m1/s1. The maximum atomic E-state index is 14.9. The molecule has 1 saturated heterocycles. The third-order valence-electron chi connectivity index (χ3n) is 8.13. The summed E-state index contributed by atoms with van der Waals surface area (Å²) in [5, 5.41) is 9.15. The summed E-state index contributed by atoms with van der Waals surface area (Å²) in [6, 6.07) is 2.90. The first-order valence-corrected chi connectivity index (χ1v) is 15.2. The summed E-state index contributed by atoms with van der Waals surface area (Å²) in [6.07, 6.45) is 4.73. The van der Waals surface area contributed by atoms with Gasteiger partial charge in [-0.25, -0.2) is 13.8 Å². The molecule has 234 valence electrons. The number of nitrogen functional groups attached to an aromatic ring is 1. The number of anilines is 2. The van der Waals surface area contributed by atoms with E-state index in [4.69, 9.17) is 45.5 Å². The number of allylic oxidation sites excluding steroid dienone is 1. The van der Waals surface area contributed by atoms with E-state index in [9.17, 15) is 23.6 Å². The lowest BCUT2D eigenvalue weighted by Gasteiger charge is -2.37. The van der Waals surface area contributed by atoms with Gasteiger partial charge in [0.25, 0.3) is 5.56 Å². The summed E-state index contributed by atoms with van der Waals surface area (Å²) in [6.45, 7) is 10.5.